The Balaban J connectivity index is 1.70. The van der Waals surface area contributed by atoms with Crippen LogP contribution in [-0.4, -0.2) is 62.4 Å². The first-order chi connectivity index (χ1) is 18.0. The molecule has 3 aromatic rings. The third-order valence-electron chi connectivity index (χ3n) is 6.68. The van der Waals surface area contributed by atoms with Crippen molar-refractivity contribution < 1.29 is 19.7 Å². The molecular formula is C25H26N6O6. The van der Waals surface area contributed by atoms with E-state index in [1.54, 1.807) is 6.20 Å². The molecule has 5 rings (SSSR count). The summed E-state index contributed by atoms with van der Waals surface area (Å²) in [6.45, 7) is 2.19. The van der Waals surface area contributed by atoms with Crippen molar-refractivity contribution >= 4 is 17.1 Å². The van der Waals surface area contributed by atoms with Gasteiger partial charge in [0, 0.05) is 31.8 Å². The number of hydrogen-bond acceptors (Lipinski definition) is 10. The van der Waals surface area contributed by atoms with Crippen LogP contribution >= 0.6 is 0 Å². The number of non-ortho nitro benzene ring substituents is 1. The molecule has 0 amide bonds. The Bertz CT molecular complexity index is 1260. The van der Waals surface area contributed by atoms with E-state index in [0.717, 1.165) is 11.6 Å². The van der Waals surface area contributed by atoms with Crippen LogP contribution in [0.25, 0.3) is 0 Å². The average molecular weight is 507 g/mol. The SMILES string of the molecule is O=[N+]([O-])c1ccc(N2C(O)CC(c3ccccc3)N2C(c2ccccn2)N2CCOCC2)c([N+](=O)[O-])c1. The number of nitro groups is 2. The van der Waals surface area contributed by atoms with Crippen molar-refractivity contribution in [1.82, 2.24) is 14.9 Å². The van der Waals surface area contributed by atoms with Crippen LogP contribution in [0.1, 0.15) is 29.9 Å². The van der Waals surface area contributed by atoms with Gasteiger partial charge in [-0.2, -0.15) is 5.01 Å². The van der Waals surface area contributed by atoms with Crippen LogP contribution in [0.2, 0.25) is 0 Å². The summed E-state index contributed by atoms with van der Waals surface area (Å²) in [7, 11) is 0. The number of aliphatic hydroxyl groups excluding tert-OH is 1. The summed E-state index contributed by atoms with van der Waals surface area (Å²) in [6.07, 6.45) is 0.317. The van der Waals surface area contributed by atoms with Gasteiger partial charge in [0.1, 0.15) is 18.1 Å². The molecule has 3 unspecified atom stereocenters. The van der Waals surface area contributed by atoms with Crippen molar-refractivity contribution in [3.05, 3.63) is 104 Å². The van der Waals surface area contributed by atoms with Crippen molar-refractivity contribution in [2.45, 2.75) is 24.9 Å². The molecule has 0 saturated carbocycles. The molecule has 3 heterocycles. The standard InChI is InChI=1S/C25H26N6O6/c32-24-17-22(18-6-2-1-3-7-18)29(25(20-8-4-5-11-26-20)27-12-14-37-15-13-27)28(24)21-10-9-19(30(33)34)16-23(21)31(35)36/h1-11,16,22,24-25,32H,12-15,17H2. The number of anilines is 1. The van der Waals surface area contributed by atoms with Gasteiger partial charge in [-0.25, -0.2) is 0 Å². The fourth-order valence-corrected chi connectivity index (χ4v) is 5.05. The molecule has 2 aliphatic rings. The summed E-state index contributed by atoms with van der Waals surface area (Å²) in [6, 6.07) is 18.3. The van der Waals surface area contributed by atoms with Crippen molar-refractivity contribution in [3.8, 4) is 0 Å². The molecular weight excluding hydrogens is 480 g/mol. The van der Waals surface area contributed by atoms with Crippen LogP contribution in [0.5, 0.6) is 0 Å². The number of pyridine rings is 1. The second-order valence-electron chi connectivity index (χ2n) is 8.83. The Morgan fingerprint density at radius 1 is 0.973 bits per heavy atom. The van der Waals surface area contributed by atoms with E-state index in [9.17, 15) is 25.3 Å². The minimum atomic E-state index is -1.13. The van der Waals surface area contributed by atoms with E-state index < -0.39 is 33.6 Å². The Hall–Kier alpha value is -3.97. The third-order valence-corrected chi connectivity index (χ3v) is 6.68. The van der Waals surface area contributed by atoms with Gasteiger partial charge in [-0.05, 0) is 23.8 Å². The third kappa shape index (κ3) is 4.87. The van der Waals surface area contributed by atoms with E-state index in [1.807, 2.05) is 53.5 Å². The number of rotatable bonds is 7. The Labute approximate surface area is 212 Å². The second kappa shape index (κ2) is 10.6. The maximum Gasteiger partial charge on any atom is 0.300 e. The molecule has 2 aromatic carbocycles. The lowest BCUT2D eigenvalue weighted by Crippen LogP contribution is -2.53. The largest absolute Gasteiger partial charge is 0.379 e. The zero-order valence-corrected chi connectivity index (χ0v) is 19.9. The number of hydrogen-bond donors (Lipinski definition) is 1. The van der Waals surface area contributed by atoms with E-state index in [0.29, 0.717) is 32.0 Å². The first kappa shape index (κ1) is 24.7. The van der Waals surface area contributed by atoms with Crippen molar-refractivity contribution in [2.24, 2.45) is 0 Å². The van der Waals surface area contributed by atoms with Crippen LogP contribution in [0.3, 0.4) is 0 Å². The number of ether oxygens (including phenoxy) is 1. The molecule has 0 radical (unpaired) electrons. The molecule has 0 bridgehead atoms. The fraction of sp³-hybridized carbons (Fsp3) is 0.320. The summed E-state index contributed by atoms with van der Waals surface area (Å²) in [4.78, 5) is 28.9. The molecule has 0 spiro atoms. The monoisotopic (exact) mass is 506 g/mol. The molecule has 12 nitrogen and oxygen atoms in total. The maximum absolute atomic E-state index is 12.1. The van der Waals surface area contributed by atoms with Gasteiger partial charge in [0.25, 0.3) is 5.69 Å². The van der Waals surface area contributed by atoms with Gasteiger partial charge in [0.05, 0.1) is 40.9 Å². The minimum absolute atomic E-state index is 0.0655. The Morgan fingerprint density at radius 3 is 2.35 bits per heavy atom. The first-order valence-corrected chi connectivity index (χ1v) is 11.9. The molecule has 2 aliphatic heterocycles. The smallest absolute Gasteiger partial charge is 0.300 e. The van der Waals surface area contributed by atoms with Crippen molar-refractivity contribution in [2.75, 3.05) is 31.3 Å². The van der Waals surface area contributed by atoms with Gasteiger partial charge in [-0.1, -0.05) is 36.4 Å². The Morgan fingerprint density at radius 2 is 1.70 bits per heavy atom. The lowest BCUT2D eigenvalue weighted by atomic mass is 10.0. The quantitative estimate of drug-likeness (QED) is 0.375. The zero-order valence-electron chi connectivity index (χ0n) is 19.9. The molecule has 1 aromatic heterocycles. The Kier molecular flexibility index (Phi) is 7.06. The molecule has 0 aliphatic carbocycles. The second-order valence-corrected chi connectivity index (χ2v) is 8.83. The highest BCUT2D eigenvalue weighted by Crippen LogP contribution is 2.47. The van der Waals surface area contributed by atoms with E-state index in [-0.39, 0.29) is 18.2 Å². The average Bonchev–Trinajstić information content (AvgIpc) is 3.26. The predicted octanol–water partition coefficient (Wildman–Crippen LogP) is 3.42. The minimum Gasteiger partial charge on any atom is -0.379 e. The normalized spacial score (nSPS) is 21.6. The number of benzene rings is 2. The highest BCUT2D eigenvalue weighted by molar-refractivity contribution is 5.67. The van der Waals surface area contributed by atoms with Crippen LogP contribution in [0.15, 0.2) is 72.9 Å². The lowest BCUT2D eigenvalue weighted by molar-refractivity contribution is -0.393. The topological polar surface area (TPSA) is 138 Å². The van der Waals surface area contributed by atoms with Gasteiger partial charge in [-0.15, -0.1) is 0 Å². The van der Waals surface area contributed by atoms with Crippen molar-refractivity contribution in [1.29, 1.82) is 0 Å². The van der Waals surface area contributed by atoms with Gasteiger partial charge >= 0.3 is 5.69 Å². The summed E-state index contributed by atoms with van der Waals surface area (Å²) in [5.74, 6) is 0. The van der Waals surface area contributed by atoms with Gasteiger partial charge in [-0.3, -0.25) is 35.1 Å². The van der Waals surface area contributed by atoms with E-state index in [1.165, 1.54) is 17.1 Å². The van der Waals surface area contributed by atoms with Crippen molar-refractivity contribution in [3.63, 3.8) is 0 Å². The predicted molar refractivity (Wildman–Crippen MR) is 133 cm³/mol. The summed E-state index contributed by atoms with van der Waals surface area (Å²) >= 11 is 0. The summed E-state index contributed by atoms with van der Waals surface area (Å²) in [5, 5.41) is 38.2. The molecule has 12 heteroatoms. The van der Waals surface area contributed by atoms with Gasteiger partial charge in [0.2, 0.25) is 0 Å². The van der Waals surface area contributed by atoms with Crippen LogP contribution in [-0.2, 0) is 4.74 Å². The van der Waals surface area contributed by atoms with Crippen LogP contribution in [0, 0.1) is 20.2 Å². The highest BCUT2D eigenvalue weighted by atomic mass is 16.6. The number of nitro benzene ring substituents is 2. The lowest BCUT2D eigenvalue weighted by Gasteiger charge is -2.45. The summed E-state index contributed by atoms with van der Waals surface area (Å²) in [5.41, 5.74) is 0.825. The number of hydrazine groups is 1. The van der Waals surface area contributed by atoms with E-state index >= 15 is 0 Å². The van der Waals surface area contributed by atoms with E-state index in [2.05, 4.69) is 9.88 Å². The number of morpholine rings is 1. The summed E-state index contributed by atoms with van der Waals surface area (Å²) < 4.78 is 5.58. The molecule has 3 atom stereocenters. The molecule has 2 fully saturated rings. The van der Waals surface area contributed by atoms with Gasteiger partial charge < -0.3 is 9.84 Å². The molecule has 37 heavy (non-hydrogen) atoms. The maximum atomic E-state index is 12.1. The molecule has 2 saturated heterocycles. The molecule has 1 N–H and O–H groups in total. The number of nitrogens with zero attached hydrogens (tertiary/aromatic N) is 6. The zero-order chi connectivity index (χ0) is 25.9. The van der Waals surface area contributed by atoms with Gasteiger partial charge in [0.15, 0.2) is 0 Å². The highest BCUT2D eigenvalue weighted by Gasteiger charge is 2.48. The van der Waals surface area contributed by atoms with E-state index in [4.69, 9.17) is 4.74 Å². The number of aliphatic hydroxyl groups is 1. The number of aromatic nitrogens is 1. The first-order valence-electron chi connectivity index (χ1n) is 11.9. The molecule has 192 valence electrons. The van der Waals surface area contributed by atoms with Crippen LogP contribution < -0.4 is 5.01 Å². The fourth-order valence-electron chi connectivity index (χ4n) is 5.05. The van der Waals surface area contributed by atoms with Crippen LogP contribution in [0.4, 0.5) is 17.1 Å².